The average molecular weight is 371 g/mol. The number of aromatic nitrogens is 1. The van der Waals surface area contributed by atoms with Crippen molar-refractivity contribution in [3.05, 3.63) is 69.0 Å². The highest BCUT2D eigenvalue weighted by Gasteiger charge is 2.10. The molecule has 1 amide bonds. The molecule has 0 aliphatic carbocycles. The van der Waals surface area contributed by atoms with Crippen LogP contribution in [0.2, 0.25) is 5.02 Å². The van der Waals surface area contributed by atoms with E-state index >= 15 is 0 Å². The lowest BCUT2D eigenvalue weighted by Crippen LogP contribution is -2.17. The van der Waals surface area contributed by atoms with Crippen molar-refractivity contribution in [2.45, 2.75) is 19.8 Å². The largest absolute Gasteiger partial charge is 0.497 e. The SMILES string of the molecule is COc1ccc2cc(CCC(=O)Nc3cccc(Cl)c3C)c(=O)[nH]c2c1. The monoisotopic (exact) mass is 370 g/mol. The van der Waals surface area contributed by atoms with Crippen LogP contribution in [-0.2, 0) is 11.2 Å². The molecular weight excluding hydrogens is 352 g/mol. The summed E-state index contributed by atoms with van der Waals surface area (Å²) < 4.78 is 5.16. The molecule has 26 heavy (non-hydrogen) atoms. The van der Waals surface area contributed by atoms with E-state index in [4.69, 9.17) is 16.3 Å². The van der Waals surface area contributed by atoms with E-state index in [2.05, 4.69) is 10.3 Å². The topological polar surface area (TPSA) is 71.2 Å². The Kier molecular flexibility index (Phi) is 5.28. The Hall–Kier alpha value is -2.79. The molecule has 0 atom stereocenters. The Balaban J connectivity index is 1.73. The van der Waals surface area contributed by atoms with Gasteiger partial charge in [0.15, 0.2) is 0 Å². The van der Waals surface area contributed by atoms with E-state index in [9.17, 15) is 9.59 Å². The Bertz CT molecular complexity index is 1030. The van der Waals surface area contributed by atoms with Crippen molar-refractivity contribution in [3.8, 4) is 5.75 Å². The molecule has 0 bridgehead atoms. The van der Waals surface area contributed by atoms with Gasteiger partial charge in [0.1, 0.15) is 5.75 Å². The van der Waals surface area contributed by atoms with Gasteiger partial charge in [0.2, 0.25) is 5.91 Å². The normalized spacial score (nSPS) is 10.7. The second kappa shape index (κ2) is 7.62. The van der Waals surface area contributed by atoms with Gasteiger partial charge in [0.25, 0.3) is 5.56 Å². The van der Waals surface area contributed by atoms with E-state index in [1.54, 1.807) is 31.4 Å². The quantitative estimate of drug-likeness (QED) is 0.711. The summed E-state index contributed by atoms with van der Waals surface area (Å²) in [4.78, 5) is 27.3. The third-order valence-electron chi connectivity index (χ3n) is 4.29. The number of hydrogen-bond donors (Lipinski definition) is 2. The molecule has 3 rings (SSSR count). The molecule has 0 unspecified atom stereocenters. The van der Waals surface area contributed by atoms with Crippen LogP contribution in [0.15, 0.2) is 47.3 Å². The fraction of sp³-hybridized carbons (Fsp3) is 0.200. The van der Waals surface area contributed by atoms with Crippen LogP contribution in [0.1, 0.15) is 17.5 Å². The van der Waals surface area contributed by atoms with Gasteiger partial charge in [0.05, 0.1) is 12.6 Å². The van der Waals surface area contributed by atoms with Crippen molar-refractivity contribution in [1.82, 2.24) is 4.98 Å². The van der Waals surface area contributed by atoms with Gasteiger partial charge in [-0.3, -0.25) is 9.59 Å². The summed E-state index contributed by atoms with van der Waals surface area (Å²) in [6, 6.07) is 12.7. The molecule has 134 valence electrons. The van der Waals surface area contributed by atoms with Gasteiger partial charge in [-0.15, -0.1) is 0 Å². The van der Waals surface area contributed by atoms with Crippen LogP contribution < -0.4 is 15.6 Å². The number of aromatic amines is 1. The van der Waals surface area contributed by atoms with Crippen LogP contribution in [0.4, 0.5) is 5.69 Å². The summed E-state index contributed by atoms with van der Waals surface area (Å²) in [6.07, 6.45) is 0.555. The van der Waals surface area contributed by atoms with Crippen LogP contribution in [0.3, 0.4) is 0 Å². The lowest BCUT2D eigenvalue weighted by molar-refractivity contribution is -0.116. The zero-order valence-electron chi connectivity index (χ0n) is 14.6. The van der Waals surface area contributed by atoms with Crippen LogP contribution >= 0.6 is 11.6 Å². The molecule has 5 nitrogen and oxygen atoms in total. The minimum absolute atomic E-state index is 0.162. The molecule has 3 aromatic rings. The zero-order chi connectivity index (χ0) is 18.7. The molecule has 0 fully saturated rings. The highest BCUT2D eigenvalue weighted by Crippen LogP contribution is 2.23. The lowest BCUT2D eigenvalue weighted by Gasteiger charge is -2.09. The molecule has 1 aromatic heterocycles. The van der Waals surface area contributed by atoms with Crippen molar-refractivity contribution in [1.29, 1.82) is 0 Å². The second-order valence-corrected chi connectivity index (χ2v) is 6.44. The van der Waals surface area contributed by atoms with Gasteiger partial charge >= 0.3 is 0 Å². The molecule has 2 N–H and O–H groups in total. The van der Waals surface area contributed by atoms with Crippen molar-refractivity contribution in [2.24, 2.45) is 0 Å². The van der Waals surface area contributed by atoms with Crippen molar-refractivity contribution >= 4 is 34.1 Å². The van der Waals surface area contributed by atoms with Gasteiger partial charge in [-0.2, -0.15) is 0 Å². The minimum atomic E-state index is -0.197. The Labute approximate surface area is 156 Å². The third-order valence-corrected chi connectivity index (χ3v) is 4.70. The van der Waals surface area contributed by atoms with Gasteiger partial charge in [-0.25, -0.2) is 0 Å². The molecule has 0 saturated carbocycles. The number of methoxy groups -OCH3 is 1. The molecule has 0 aliphatic heterocycles. The number of halogens is 1. The number of rotatable bonds is 5. The highest BCUT2D eigenvalue weighted by molar-refractivity contribution is 6.31. The molecule has 6 heteroatoms. The smallest absolute Gasteiger partial charge is 0.251 e. The summed E-state index contributed by atoms with van der Waals surface area (Å²) in [6.45, 7) is 1.85. The molecule has 0 radical (unpaired) electrons. The predicted molar refractivity (Wildman–Crippen MR) is 104 cm³/mol. The van der Waals surface area contributed by atoms with E-state index < -0.39 is 0 Å². The van der Waals surface area contributed by atoms with Gasteiger partial charge in [-0.1, -0.05) is 17.7 Å². The number of nitrogens with one attached hydrogen (secondary N) is 2. The molecule has 2 aromatic carbocycles. The molecule has 0 aliphatic rings. The second-order valence-electron chi connectivity index (χ2n) is 6.04. The summed E-state index contributed by atoms with van der Waals surface area (Å²) in [5.74, 6) is 0.516. The molecule has 1 heterocycles. The maximum absolute atomic E-state index is 12.3. The van der Waals surface area contributed by atoms with E-state index in [-0.39, 0.29) is 17.9 Å². The number of fused-ring (bicyclic) bond motifs is 1. The van der Waals surface area contributed by atoms with Crippen molar-refractivity contribution in [3.63, 3.8) is 0 Å². The van der Waals surface area contributed by atoms with Crippen LogP contribution in [0.25, 0.3) is 10.9 Å². The van der Waals surface area contributed by atoms with Crippen molar-refractivity contribution in [2.75, 3.05) is 12.4 Å². The number of carbonyl (C=O) groups excluding carboxylic acids is 1. The van der Waals surface area contributed by atoms with Crippen LogP contribution in [0.5, 0.6) is 5.75 Å². The minimum Gasteiger partial charge on any atom is -0.497 e. The maximum atomic E-state index is 12.3. The number of H-pyrrole nitrogens is 1. The van der Waals surface area contributed by atoms with Gasteiger partial charge in [0, 0.05) is 28.8 Å². The molecule has 0 saturated heterocycles. The zero-order valence-corrected chi connectivity index (χ0v) is 15.3. The number of ether oxygens (including phenoxy) is 1. The van der Waals surface area contributed by atoms with Crippen molar-refractivity contribution < 1.29 is 9.53 Å². The third kappa shape index (κ3) is 3.89. The van der Waals surface area contributed by atoms with Crippen LogP contribution in [0, 0.1) is 6.92 Å². The summed E-state index contributed by atoms with van der Waals surface area (Å²) in [5, 5.41) is 4.34. The first-order valence-electron chi connectivity index (χ1n) is 8.23. The first-order chi connectivity index (χ1) is 12.5. The fourth-order valence-corrected chi connectivity index (χ4v) is 2.92. The molecular formula is C20H19ClN2O3. The van der Waals surface area contributed by atoms with E-state index in [0.717, 1.165) is 10.9 Å². The van der Waals surface area contributed by atoms with Gasteiger partial charge in [-0.05, 0) is 54.6 Å². The van der Waals surface area contributed by atoms with Gasteiger partial charge < -0.3 is 15.0 Å². The highest BCUT2D eigenvalue weighted by atomic mass is 35.5. The predicted octanol–water partition coefficient (Wildman–Crippen LogP) is 4.07. The number of amides is 1. The average Bonchev–Trinajstić information content (AvgIpc) is 2.63. The van der Waals surface area contributed by atoms with E-state index in [1.165, 1.54) is 0 Å². The van der Waals surface area contributed by atoms with E-state index in [1.807, 2.05) is 25.1 Å². The number of pyridine rings is 1. The Morgan fingerprint density at radius 1 is 1.23 bits per heavy atom. The maximum Gasteiger partial charge on any atom is 0.251 e. The number of carbonyl (C=O) groups is 1. The van der Waals surface area contributed by atoms with E-state index in [0.29, 0.717) is 34.0 Å². The number of hydrogen-bond acceptors (Lipinski definition) is 3. The molecule has 0 spiro atoms. The summed E-state index contributed by atoms with van der Waals surface area (Å²) >= 11 is 6.06. The summed E-state index contributed by atoms with van der Waals surface area (Å²) in [7, 11) is 1.58. The lowest BCUT2D eigenvalue weighted by atomic mass is 10.1. The van der Waals surface area contributed by atoms with Crippen LogP contribution in [-0.4, -0.2) is 18.0 Å². The Morgan fingerprint density at radius 2 is 2.04 bits per heavy atom. The first-order valence-corrected chi connectivity index (χ1v) is 8.60. The number of aryl methyl sites for hydroxylation is 1. The summed E-state index contributed by atoms with van der Waals surface area (Å²) in [5.41, 5.74) is 2.58. The standard InChI is InChI=1S/C20H19ClN2O3/c1-12-16(21)4-3-5-17(12)22-19(24)9-7-14-10-13-6-8-15(26-2)11-18(13)23-20(14)25/h3-6,8,10-11H,7,9H2,1-2H3,(H,22,24)(H,23,25). The number of anilines is 1. The Morgan fingerprint density at radius 3 is 2.81 bits per heavy atom. The number of benzene rings is 2. The fourth-order valence-electron chi connectivity index (χ4n) is 2.74. The first kappa shape index (κ1) is 18.0.